The van der Waals surface area contributed by atoms with E-state index in [-0.39, 0.29) is 10.8 Å². The van der Waals surface area contributed by atoms with Crippen molar-refractivity contribution in [3.8, 4) is 50.4 Å². The van der Waals surface area contributed by atoms with Crippen molar-refractivity contribution in [1.82, 2.24) is 4.48 Å². The third-order valence-electron chi connectivity index (χ3n) is 12.6. The van der Waals surface area contributed by atoms with Gasteiger partial charge in [-0.2, -0.15) is 0 Å². The van der Waals surface area contributed by atoms with Gasteiger partial charge in [-0.3, -0.25) is 8.63 Å². The van der Waals surface area contributed by atoms with Gasteiger partial charge in [-0.25, -0.2) is 4.99 Å². The summed E-state index contributed by atoms with van der Waals surface area (Å²) in [6.45, 7) is 13.0. The zero-order chi connectivity index (χ0) is 46.2. The SMILES string of the molecule is COc1ccc(/C(=C2/N=C(c3ccc(-c4ccccc4)cc3)C=C2c2ccc(-c3ccccc3)cc2)c2c(-c3ccc(C(C)(C)C)cc3)cc(-c3ccc(C(C)(C)C)cc3)n2B(F)F)cc1. The summed E-state index contributed by atoms with van der Waals surface area (Å²) in [7, 11) is -1.27. The van der Waals surface area contributed by atoms with Crippen molar-refractivity contribution in [2.75, 3.05) is 7.11 Å². The Hall–Kier alpha value is -7.31. The number of aliphatic imine (C=N–C) groups is 1. The van der Waals surface area contributed by atoms with E-state index in [0.29, 0.717) is 39.5 Å². The molecule has 0 aliphatic carbocycles. The molecule has 8 aromatic rings. The smallest absolute Gasteiger partial charge is 0.497 e. The summed E-state index contributed by atoms with van der Waals surface area (Å²) in [5.41, 5.74) is 14.8. The molecule has 0 atom stereocenters. The molecule has 0 spiro atoms. The summed E-state index contributed by atoms with van der Waals surface area (Å²) in [6.07, 6.45) is 2.10. The number of halogens is 2. The minimum atomic E-state index is -2.90. The first kappa shape index (κ1) is 43.9. The number of rotatable bonds is 10. The molecule has 3 nitrogen and oxygen atoms in total. The van der Waals surface area contributed by atoms with Crippen LogP contribution in [0.4, 0.5) is 8.63 Å². The molecular weight excluding hydrogens is 813 g/mol. The summed E-state index contributed by atoms with van der Waals surface area (Å²) < 4.78 is 39.8. The van der Waals surface area contributed by atoms with Crippen molar-refractivity contribution < 1.29 is 13.4 Å². The van der Waals surface area contributed by atoms with Crippen LogP contribution in [0.1, 0.15) is 75.1 Å². The van der Waals surface area contributed by atoms with Crippen LogP contribution in [0.5, 0.6) is 5.75 Å². The molecule has 0 amide bonds. The zero-order valence-corrected chi connectivity index (χ0v) is 38.6. The van der Waals surface area contributed by atoms with Gasteiger partial charge in [-0.15, -0.1) is 0 Å². The summed E-state index contributed by atoms with van der Waals surface area (Å²) in [5, 5.41) is 0. The van der Waals surface area contributed by atoms with E-state index in [1.54, 1.807) is 7.11 Å². The Labute approximate surface area is 388 Å². The molecule has 7 aromatic carbocycles. The summed E-state index contributed by atoms with van der Waals surface area (Å²) >= 11 is 0. The fourth-order valence-electron chi connectivity index (χ4n) is 8.77. The van der Waals surface area contributed by atoms with Crippen molar-refractivity contribution in [3.05, 3.63) is 233 Å². The lowest BCUT2D eigenvalue weighted by atomic mass is 9.85. The van der Waals surface area contributed by atoms with E-state index in [0.717, 1.165) is 66.9 Å². The van der Waals surface area contributed by atoms with E-state index in [1.165, 1.54) is 4.48 Å². The van der Waals surface area contributed by atoms with E-state index in [9.17, 15) is 0 Å². The number of aromatic nitrogens is 1. The number of allylic oxidation sites excluding steroid dienone is 2. The van der Waals surface area contributed by atoms with Crippen molar-refractivity contribution in [2.24, 2.45) is 4.99 Å². The summed E-state index contributed by atoms with van der Waals surface area (Å²) in [6, 6.07) is 63.4. The Bertz CT molecular complexity index is 3080. The predicted octanol–water partition coefficient (Wildman–Crippen LogP) is 15.9. The van der Waals surface area contributed by atoms with Crippen molar-refractivity contribution in [3.63, 3.8) is 0 Å². The van der Waals surface area contributed by atoms with Crippen LogP contribution in [0.15, 0.2) is 205 Å². The first-order valence-electron chi connectivity index (χ1n) is 22.5. The molecule has 1 aliphatic heterocycles. The van der Waals surface area contributed by atoms with Crippen LogP contribution >= 0.6 is 0 Å². The van der Waals surface area contributed by atoms with Crippen LogP contribution in [0.2, 0.25) is 0 Å². The molecule has 1 aliphatic rings. The minimum absolute atomic E-state index is 0.101. The van der Waals surface area contributed by atoms with Crippen LogP contribution in [0.25, 0.3) is 55.8 Å². The number of methoxy groups -OCH3 is 1. The largest absolute Gasteiger partial charge is 0.678 e. The summed E-state index contributed by atoms with van der Waals surface area (Å²) in [5.74, 6) is 0.659. The predicted molar refractivity (Wildman–Crippen MR) is 273 cm³/mol. The van der Waals surface area contributed by atoms with Gasteiger partial charge in [-0.1, -0.05) is 211 Å². The second-order valence-corrected chi connectivity index (χ2v) is 19.0. The number of benzene rings is 7. The van der Waals surface area contributed by atoms with Gasteiger partial charge in [0, 0.05) is 28.0 Å². The minimum Gasteiger partial charge on any atom is -0.497 e. The Morgan fingerprint density at radius 1 is 0.500 bits per heavy atom. The number of ether oxygens (including phenoxy) is 1. The monoisotopic (exact) mass is 866 g/mol. The fraction of sp³-hybridized carbons (Fsp3) is 0.150. The first-order chi connectivity index (χ1) is 31.8. The maximum absolute atomic E-state index is 16.5. The Kier molecular flexibility index (Phi) is 11.9. The maximum Gasteiger partial charge on any atom is 0.678 e. The fourth-order valence-corrected chi connectivity index (χ4v) is 8.77. The maximum atomic E-state index is 16.5. The van der Waals surface area contributed by atoms with Crippen LogP contribution in [-0.4, -0.2) is 24.7 Å². The molecule has 2 heterocycles. The van der Waals surface area contributed by atoms with Crippen molar-refractivity contribution in [2.45, 2.75) is 52.4 Å². The molecule has 9 rings (SSSR count). The molecule has 0 fully saturated rings. The second kappa shape index (κ2) is 17.9. The Morgan fingerprint density at radius 3 is 1.41 bits per heavy atom. The van der Waals surface area contributed by atoms with Gasteiger partial charge in [0.25, 0.3) is 0 Å². The molecule has 0 radical (unpaired) electrons. The highest BCUT2D eigenvalue weighted by atomic mass is 19.2. The van der Waals surface area contributed by atoms with E-state index in [2.05, 4.69) is 157 Å². The van der Waals surface area contributed by atoms with Crippen molar-refractivity contribution >= 4 is 24.3 Å². The second-order valence-electron chi connectivity index (χ2n) is 19.0. The highest BCUT2D eigenvalue weighted by Crippen LogP contribution is 2.46. The lowest BCUT2D eigenvalue weighted by Crippen LogP contribution is -2.18. The summed E-state index contributed by atoms with van der Waals surface area (Å²) in [4.78, 5) is 5.51. The number of hydrogen-bond donors (Lipinski definition) is 0. The average molecular weight is 867 g/mol. The lowest BCUT2D eigenvalue weighted by Gasteiger charge is -2.21. The molecule has 1 aromatic heterocycles. The topological polar surface area (TPSA) is 26.5 Å². The van der Waals surface area contributed by atoms with Gasteiger partial charge in [0.05, 0.1) is 24.2 Å². The quantitative estimate of drug-likeness (QED) is 0.126. The van der Waals surface area contributed by atoms with Gasteiger partial charge < -0.3 is 9.21 Å². The molecule has 0 bridgehead atoms. The van der Waals surface area contributed by atoms with Gasteiger partial charge in [0.2, 0.25) is 0 Å². The average Bonchev–Trinajstić information content (AvgIpc) is 3.96. The third kappa shape index (κ3) is 8.88. The number of nitrogens with zero attached hydrogens (tertiary/aromatic N) is 2. The van der Waals surface area contributed by atoms with Gasteiger partial charge in [-0.05, 0) is 90.7 Å². The van der Waals surface area contributed by atoms with E-state index >= 15 is 8.63 Å². The van der Waals surface area contributed by atoms with Crippen LogP contribution in [0, 0.1) is 0 Å². The van der Waals surface area contributed by atoms with E-state index in [1.807, 2.05) is 78.9 Å². The van der Waals surface area contributed by atoms with Gasteiger partial charge in [0.1, 0.15) is 5.75 Å². The molecule has 0 saturated heterocycles. The highest BCUT2D eigenvalue weighted by molar-refractivity contribution is 6.42. The number of hydrogen-bond acceptors (Lipinski definition) is 2. The Balaban J connectivity index is 1.34. The lowest BCUT2D eigenvalue weighted by molar-refractivity contribution is 0.415. The van der Waals surface area contributed by atoms with Crippen LogP contribution in [0.3, 0.4) is 0 Å². The third-order valence-corrected chi connectivity index (χ3v) is 12.6. The molecule has 6 heteroatoms. The molecule has 0 saturated carbocycles. The molecular formula is C60H53BF2N2O. The van der Waals surface area contributed by atoms with Crippen molar-refractivity contribution in [1.29, 1.82) is 0 Å². The molecule has 0 N–H and O–H groups in total. The van der Waals surface area contributed by atoms with Crippen LogP contribution < -0.4 is 4.74 Å². The zero-order valence-electron chi connectivity index (χ0n) is 38.6. The first-order valence-corrected chi connectivity index (χ1v) is 22.5. The van der Waals surface area contributed by atoms with E-state index < -0.39 is 7.40 Å². The standard InChI is InChI=1S/C60H53BF2N2O/c1-59(2,3)49-32-26-45(27-33-49)53-39-55(47-28-34-50(35-29-47)60(4,5)6)65(61(62)63)58(53)56(48-30-36-51(66-7)37-31-48)57-52(44-22-18-42(19-23-44)40-14-10-8-11-15-40)38-54(64-57)46-24-20-43(21-25-46)41-16-12-9-13-17-41/h8-39H,1-7H3/b57-56-. The molecule has 0 unspecified atom stereocenters. The van der Waals surface area contributed by atoms with Gasteiger partial charge in [0.15, 0.2) is 0 Å². The Morgan fingerprint density at radius 2 is 0.939 bits per heavy atom. The van der Waals surface area contributed by atoms with Crippen LogP contribution in [-0.2, 0) is 10.8 Å². The molecule has 326 valence electrons. The molecule has 66 heavy (non-hydrogen) atoms. The highest BCUT2D eigenvalue weighted by Gasteiger charge is 2.34. The normalized spacial score (nSPS) is 13.6. The van der Waals surface area contributed by atoms with E-state index in [4.69, 9.17) is 9.73 Å². The van der Waals surface area contributed by atoms with Gasteiger partial charge >= 0.3 is 7.40 Å².